The molecular weight excluding hydrogens is 413 g/mol. The molecule has 2 aromatic rings. The first-order valence-corrected chi connectivity index (χ1v) is 9.84. The van der Waals surface area contributed by atoms with Crippen LogP contribution in [0.25, 0.3) is 10.9 Å². The van der Waals surface area contributed by atoms with Gasteiger partial charge in [-0.3, -0.25) is 0 Å². The van der Waals surface area contributed by atoms with Gasteiger partial charge in [0.1, 0.15) is 22.6 Å². The maximum atomic E-state index is 12.8. The van der Waals surface area contributed by atoms with Crippen LogP contribution in [0.15, 0.2) is 41.0 Å². The lowest BCUT2D eigenvalue weighted by molar-refractivity contribution is -0.139. The number of carbonyl (C=O) groups excluding carboxylic acids is 1. The molecule has 0 saturated heterocycles. The van der Waals surface area contributed by atoms with Gasteiger partial charge in [0, 0.05) is 10.9 Å². The van der Waals surface area contributed by atoms with Gasteiger partial charge in [-0.15, -0.1) is 11.6 Å². The molecule has 1 aliphatic rings. The van der Waals surface area contributed by atoms with Gasteiger partial charge in [-0.05, 0) is 44.0 Å². The van der Waals surface area contributed by atoms with E-state index in [0.717, 1.165) is 22.0 Å². The summed E-state index contributed by atoms with van der Waals surface area (Å²) >= 11 is 12.5. The third kappa shape index (κ3) is 3.76. The molecular formula is C21H19Cl2N3O3. The van der Waals surface area contributed by atoms with Crippen molar-refractivity contribution >= 4 is 40.1 Å². The fourth-order valence-electron chi connectivity index (χ4n) is 3.49. The lowest BCUT2D eigenvalue weighted by Gasteiger charge is -2.28. The molecule has 8 heteroatoms. The van der Waals surface area contributed by atoms with Crippen molar-refractivity contribution in [3.05, 3.63) is 62.8 Å². The monoisotopic (exact) mass is 431 g/mol. The second kappa shape index (κ2) is 8.32. The number of carbonyl (C=O) groups is 1. The molecule has 6 nitrogen and oxygen atoms in total. The molecule has 1 aromatic heterocycles. The predicted octanol–water partition coefficient (Wildman–Crippen LogP) is 4.37. The van der Waals surface area contributed by atoms with E-state index in [1.165, 1.54) is 0 Å². The number of halogens is 2. The zero-order valence-corrected chi connectivity index (χ0v) is 17.7. The summed E-state index contributed by atoms with van der Waals surface area (Å²) < 4.78 is 10.6. The van der Waals surface area contributed by atoms with Crippen LogP contribution in [0, 0.1) is 25.2 Å². The highest BCUT2D eigenvalue weighted by Crippen LogP contribution is 2.43. The first-order chi connectivity index (χ1) is 13.8. The molecule has 1 aliphatic heterocycles. The van der Waals surface area contributed by atoms with Crippen LogP contribution in [-0.2, 0) is 14.3 Å². The normalized spacial score (nSPS) is 16.6. The molecule has 29 heavy (non-hydrogen) atoms. The third-order valence-electron chi connectivity index (χ3n) is 4.69. The van der Waals surface area contributed by atoms with E-state index in [-0.39, 0.29) is 40.4 Å². The number of allylic oxidation sites excluding steroid dienone is 2. The van der Waals surface area contributed by atoms with Crippen molar-refractivity contribution in [2.45, 2.75) is 26.7 Å². The fraction of sp³-hybridized carbons (Fsp3) is 0.286. The van der Waals surface area contributed by atoms with Crippen LogP contribution in [-0.4, -0.2) is 23.4 Å². The van der Waals surface area contributed by atoms with Crippen LogP contribution >= 0.6 is 23.2 Å². The Balaban J connectivity index is 2.33. The average Bonchev–Trinajstić information content (AvgIpc) is 2.66. The fourth-order valence-corrected chi connectivity index (χ4v) is 3.94. The Morgan fingerprint density at radius 2 is 2.10 bits per heavy atom. The number of esters is 1. The number of alkyl halides is 1. The maximum absolute atomic E-state index is 12.8. The number of pyridine rings is 1. The second-order valence-corrected chi connectivity index (χ2v) is 7.26. The van der Waals surface area contributed by atoms with Crippen LogP contribution in [0.5, 0.6) is 0 Å². The Bertz CT molecular complexity index is 1120. The maximum Gasteiger partial charge on any atom is 0.338 e. The van der Waals surface area contributed by atoms with Gasteiger partial charge in [-0.25, -0.2) is 9.78 Å². The summed E-state index contributed by atoms with van der Waals surface area (Å²) in [5.41, 5.74) is 9.33. The summed E-state index contributed by atoms with van der Waals surface area (Å²) in [6, 6.07) is 7.80. The molecule has 0 spiro atoms. The van der Waals surface area contributed by atoms with E-state index in [9.17, 15) is 10.1 Å². The van der Waals surface area contributed by atoms with E-state index in [4.69, 9.17) is 38.4 Å². The molecule has 3 rings (SSSR count). The number of aromatic nitrogens is 1. The smallest absolute Gasteiger partial charge is 0.338 e. The minimum Gasteiger partial charge on any atom is -0.463 e. The number of nitrogens with zero attached hydrogens (tertiary/aromatic N) is 2. The quantitative estimate of drug-likeness (QED) is 0.438. The Hall–Kier alpha value is -2.75. The minimum atomic E-state index is -0.897. The van der Waals surface area contributed by atoms with Crippen LogP contribution in [0.4, 0.5) is 0 Å². The number of ether oxygens (including phenoxy) is 2. The van der Waals surface area contributed by atoms with E-state index in [1.807, 2.05) is 38.1 Å². The van der Waals surface area contributed by atoms with Crippen molar-refractivity contribution in [2.24, 2.45) is 5.73 Å². The first-order valence-electron chi connectivity index (χ1n) is 8.93. The number of nitrogens with two attached hydrogens (primary N) is 1. The lowest BCUT2D eigenvalue weighted by Crippen LogP contribution is -2.27. The van der Waals surface area contributed by atoms with Crippen LogP contribution < -0.4 is 5.73 Å². The zero-order valence-electron chi connectivity index (χ0n) is 16.2. The van der Waals surface area contributed by atoms with Crippen molar-refractivity contribution in [2.75, 3.05) is 12.5 Å². The van der Waals surface area contributed by atoms with Crippen molar-refractivity contribution in [1.29, 1.82) is 5.26 Å². The van der Waals surface area contributed by atoms with Gasteiger partial charge < -0.3 is 15.2 Å². The van der Waals surface area contributed by atoms with Crippen molar-refractivity contribution in [1.82, 2.24) is 4.98 Å². The number of hydrogen-bond donors (Lipinski definition) is 1. The Morgan fingerprint density at radius 3 is 2.72 bits per heavy atom. The predicted molar refractivity (Wildman–Crippen MR) is 111 cm³/mol. The van der Waals surface area contributed by atoms with E-state index in [2.05, 4.69) is 4.98 Å². The molecule has 0 fully saturated rings. The standard InChI is InChI=1S/C21H19Cl2N3O3/c1-4-28-21(27)18-16(8-22)29-20(25)14(9-24)17(18)13-7-12-11(3)5-10(2)6-15(12)26-19(13)23/h5-7,17H,4,8,25H2,1-3H3/t17-/m0/s1. The minimum absolute atomic E-state index is 0.0507. The molecule has 0 unspecified atom stereocenters. The third-order valence-corrected chi connectivity index (χ3v) is 5.24. The summed E-state index contributed by atoms with van der Waals surface area (Å²) in [6.07, 6.45) is 0. The van der Waals surface area contributed by atoms with Crippen LogP contribution in [0.3, 0.4) is 0 Å². The largest absolute Gasteiger partial charge is 0.463 e. The van der Waals surface area contributed by atoms with Crippen LogP contribution in [0.2, 0.25) is 5.15 Å². The molecule has 1 aromatic carbocycles. The average molecular weight is 432 g/mol. The molecule has 0 aliphatic carbocycles. The molecule has 2 N–H and O–H groups in total. The molecule has 2 heterocycles. The van der Waals surface area contributed by atoms with Crippen molar-refractivity contribution in [3.63, 3.8) is 0 Å². The van der Waals surface area contributed by atoms with Gasteiger partial charge >= 0.3 is 5.97 Å². The van der Waals surface area contributed by atoms with Crippen molar-refractivity contribution in [3.8, 4) is 6.07 Å². The number of hydrogen-bond acceptors (Lipinski definition) is 6. The Morgan fingerprint density at radius 1 is 1.38 bits per heavy atom. The lowest BCUT2D eigenvalue weighted by atomic mass is 9.83. The summed E-state index contributed by atoms with van der Waals surface area (Å²) in [5.74, 6) is -1.67. The molecule has 0 bridgehead atoms. The van der Waals surface area contributed by atoms with E-state index in [0.29, 0.717) is 5.56 Å². The Labute approximate surface area is 178 Å². The topological polar surface area (TPSA) is 98.2 Å². The van der Waals surface area contributed by atoms with Crippen molar-refractivity contribution < 1.29 is 14.3 Å². The molecule has 0 amide bonds. The highest BCUT2D eigenvalue weighted by Gasteiger charge is 2.38. The first kappa shape index (κ1) is 21.0. The van der Waals surface area contributed by atoms with Gasteiger partial charge in [0.05, 0.1) is 29.5 Å². The summed E-state index contributed by atoms with van der Waals surface area (Å²) in [6.45, 7) is 5.76. The highest BCUT2D eigenvalue weighted by atomic mass is 35.5. The summed E-state index contributed by atoms with van der Waals surface area (Å²) in [5, 5.41) is 10.8. The van der Waals surface area contributed by atoms with Gasteiger partial charge in [0.2, 0.25) is 5.88 Å². The number of aryl methyl sites for hydroxylation is 2. The summed E-state index contributed by atoms with van der Waals surface area (Å²) in [7, 11) is 0. The molecule has 0 saturated carbocycles. The zero-order chi connectivity index (χ0) is 21.3. The van der Waals surface area contributed by atoms with E-state index in [1.54, 1.807) is 6.92 Å². The number of fused-ring (bicyclic) bond motifs is 1. The molecule has 1 atom stereocenters. The number of rotatable bonds is 4. The molecule has 150 valence electrons. The number of benzene rings is 1. The van der Waals surface area contributed by atoms with Gasteiger partial charge in [-0.2, -0.15) is 5.26 Å². The van der Waals surface area contributed by atoms with E-state index < -0.39 is 11.9 Å². The highest BCUT2D eigenvalue weighted by molar-refractivity contribution is 6.31. The molecule has 0 radical (unpaired) electrons. The SMILES string of the molecule is CCOC(=O)C1=C(CCl)OC(N)=C(C#N)[C@@H]1c1cc2c(C)cc(C)cc2nc1Cl. The number of nitriles is 1. The van der Waals surface area contributed by atoms with Gasteiger partial charge in [0.25, 0.3) is 0 Å². The van der Waals surface area contributed by atoms with Gasteiger partial charge in [0.15, 0.2) is 0 Å². The van der Waals surface area contributed by atoms with E-state index >= 15 is 0 Å². The van der Waals surface area contributed by atoms with Crippen LogP contribution in [0.1, 0.15) is 29.5 Å². The second-order valence-electron chi connectivity index (χ2n) is 6.63. The summed E-state index contributed by atoms with van der Waals surface area (Å²) in [4.78, 5) is 17.3. The van der Waals surface area contributed by atoms with Gasteiger partial charge in [-0.1, -0.05) is 17.7 Å². The Kier molecular flexibility index (Phi) is 6.02.